The number of benzene rings is 3. The number of carbonyl (C=O) groups excluding carboxylic acids is 1. The number of aromatic nitrogens is 2. The van der Waals surface area contributed by atoms with Crippen LogP contribution >= 0.6 is 39.1 Å². The van der Waals surface area contributed by atoms with E-state index in [4.69, 9.17) is 27.9 Å². The highest BCUT2D eigenvalue weighted by Gasteiger charge is 2.17. The van der Waals surface area contributed by atoms with Crippen molar-refractivity contribution in [2.45, 2.75) is 0 Å². The molecule has 0 saturated carbocycles. The average Bonchev–Trinajstić information content (AvgIpc) is 3.12. The van der Waals surface area contributed by atoms with Crippen molar-refractivity contribution in [1.29, 1.82) is 0 Å². The summed E-state index contributed by atoms with van der Waals surface area (Å²) in [6.45, 7) is 0. The van der Waals surface area contributed by atoms with Crippen molar-refractivity contribution in [2.24, 2.45) is 0 Å². The van der Waals surface area contributed by atoms with E-state index in [0.717, 1.165) is 16.6 Å². The molecule has 0 unspecified atom stereocenters. The molecule has 31 heavy (non-hydrogen) atoms. The number of ether oxygens (including phenoxy) is 1. The molecule has 1 heterocycles. The molecule has 158 valence electrons. The number of methoxy groups -OCH3 is 1. The number of rotatable bonds is 5. The van der Waals surface area contributed by atoms with E-state index < -0.39 is 5.82 Å². The lowest BCUT2D eigenvalue weighted by Crippen LogP contribution is -2.13. The average molecular weight is 524 g/mol. The third-order valence-electron chi connectivity index (χ3n) is 4.40. The summed E-state index contributed by atoms with van der Waals surface area (Å²) in [7, 11) is 1.47. The molecule has 1 amide bonds. The highest BCUT2D eigenvalue weighted by molar-refractivity contribution is 9.10. The number of nitrogens with one attached hydrogen (secondary N) is 3. The molecule has 0 spiro atoms. The number of halogens is 4. The summed E-state index contributed by atoms with van der Waals surface area (Å²) in [6, 6.07) is 12.8. The molecule has 0 bridgehead atoms. The van der Waals surface area contributed by atoms with Crippen molar-refractivity contribution in [3.8, 4) is 5.75 Å². The molecule has 0 saturated heterocycles. The first-order valence-corrected chi connectivity index (χ1v) is 10.4. The molecule has 0 aliphatic carbocycles. The topological polar surface area (TPSA) is 79.0 Å². The van der Waals surface area contributed by atoms with Crippen LogP contribution < -0.4 is 15.4 Å². The predicted octanol–water partition coefficient (Wildman–Crippen LogP) is 6.78. The lowest BCUT2D eigenvalue weighted by atomic mass is 10.1. The summed E-state index contributed by atoms with van der Waals surface area (Å²) in [4.78, 5) is 20.3. The smallest absolute Gasteiger partial charge is 0.259 e. The number of fused-ring (bicyclic) bond motifs is 1. The molecular formula is C21H14BrCl2FN4O2. The summed E-state index contributed by atoms with van der Waals surface area (Å²) in [6.07, 6.45) is 0. The molecule has 3 N–H and O–H groups in total. The molecule has 0 aliphatic heterocycles. The van der Waals surface area contributed by atoms with Crippen LogP contribution in [0.5, 0.6) is 5.75 Å². The lowest BCUT2D eigenvalue weighted by molar-refractivity contribution is 0.102. The van der Waals surface area contributed by atoms with Gasteiger partial charge in [0.25, 0.3) is 5.91 Å². The monoisotopic (exact) mass is 522 g/mol. The maximum absolute atomic E-state index is 13.4. The van der Waals surface area contributed by atoms with E-state index in [1.165, 1.54) is 7.11 Å². The van der Waals surface area contributed by atoms with Crippen LogP contribution in [0.3, 0.4) is 0 Å². The van der Waals surface area contributed by atoms with Crippen LogP contribution in [0, 0.1) is 5.82 Å². The summed E-state index contributed by atoms with van der Waals surface area (Å²) in [5.41, 5.74) is 2.41. The fraction of sp³-hybridized carbons (Fsp3) is 0.0476. The van der Waals surface area contributed by atoms with Crippen molar-refractivity contribution in [1.82, 2.24) is 9.97 Å². The minimum absolute atomic E-state index is 0.109. The lowest BCUT2D eigenvalue weighted by Gasteiger charge is -2.09. The van der Waals surface area contributed by atoms with Gasteiger partial charge in [-0.2, -0.15) is 0 Å². The number of amides is 1. The Morgan fingerprint density at radius 3 is 2.45 bits per heavy atom. The van der Waals surface area contributed by atoms with Gasteiger partial charge in [-0.3, -0.25) is 4.79 Å². The van der Waals surface area contributed by atoms with Gasteiger partial charge in [-0.15, -0.1) is 0 Å². The molecule has 0 radical (unpaired) electrons. The number of aromatic amines is 1. The molecule has 6 nitrogen and oxygen atoms in total. The van der Waals surface area contributed by atoms with E-state index in [2.05, 4.69) is 36.5 Å². The first-order chi connectivity index (χ1) is 14.8. The van der Waals surface area contributed by atoms with Crippen molar-refractivity contribution >= 4 is 73.4 Å². The highest BCUT2D eigenvalue weighted by Crippen LogP contribution is 2.34. The second kappa shape index (κ2) is 8.74. The number of nitrogens with zero attached hydrogens (tertiary/aromatic N) is 1. The van der Waals surface area contributed by atoms with Gasteiger partial charge in [-0.05, 0) is 42.5 Å². The third-order valence-corrected chi connectivity index (χ3v) is 5.52. The first-order valence-electron chi connectivity index (χ1n) is 8.90. The Kier molecular flexibility index (Phi) is 6.04. The van der Waals surface area contributed by atoms with Crippen LogP contribution in [0.1, 0.15) is 10.4 Å². The number of anilines is 3. The first kappa shape index (κ1) is 21.4. The van der Waals surface area contributed by atoms with Gasteiger partial charge in [0.1, 0.15) is 11.6 Å². The van der Waals surface area contributed by atoms with Gasteiger partial charge in [-0.25, -0.2) is 9.37 Å². The molecule has 4 aromatic rings. The van der Waals surface area contributed by atoms with E-state index in [9.17, 15) is 9.18 Å². The zero-order valence-corrected chi connectivity index (χ0v) is 19.0. The SMILES string of the molecule is COc1cc2nc(Nc3c(Cl)cc(F)cc3Cl)[nH]c2cc1C(=O)Nc1ccc(Br)cc1. The van der Waals surface area contributed by atoms with E-state index >= 15 is 0 Å². The van der Waals surface area contributed by atoms with Crippen molar-refractivity contribution in [3.63, 3.8) is 0 Å². The molecule has 0 aliphatic rings. The van der Waals surface area contributed by atoms with Gasteiger partial charge in [-0.1, -0.05) is 39.1 Å². The van der Waals surface area contributed by atoms with E-state index in [1.807, 2.05) is 12.1 Å². The van der Waals surface area contributed by atoms with Crippen LogP contribution in [0.25, 0.3) is 11.0 Å². The van der Waals surface area contributed by atoms with Crippen molar-refractivity contribution in [3.05, 3.63) is 74.4 Å². The molecular weight excluding hydrogens is 510 g/mol. The maximum atomic E-state index is 13.4. The molecule has 0 atom stereocenters. The van der Waals surface area contributed by atoms with Crippen molar-refractivity contribution < 1.29 is 13.9 Å². The maximum Gasteiger partial charge on any atom is 0.259 e. The fourth-order valence-corrected chi connectivity index (χ4v) is 3.77. The Morgan fingerprint density at radius 1 is 1.13 bits per heavy atom. The molecule has 4 rings (SSSR count). The summed E-state index contributed by atoms with van der Waals surface area (Å²) in [5.74, 6) is -0.206. The van der Waals surface area contributed by atoms with E-state index in [0.29, 0.717) is 39.7 Å². The normalized spacial score (nSPS) is 10.9. The Morgan fingerprint density at radius 2 is 1.81 bits per heavy atom. The number of hydrogen-bond donors (Lipinski definition) is 3. The van der Waals surface area contributed by atoms with Crippen LogP contribution in [0.4, 0.5) is 21.7 Å². The predicted molar refractivity (Wildman–Crippen MR) is 124 cm³/mol. The second-order valence-electron chi connectivity index (χ2n) is 6.49. The van der Waals surface area contributed by atoms with Gasteiger partial charge in [0.05, 0.1) is 39.4 Å². The van der Waals surface area contributed by atoms with Gasteiger partial charge in [0, 0.05) is 16.2 Å². The fourth-order valence-electron chi connectivity index (χ4n) is 2.95. The summed E-state index contributed by atoms with van der Waals surface area (Å²) < 4.78 is 19.7. The summed E-state index contributed by atoms with van der Waals surface area (Å²) in [5, 5.41) is 5.99. The van der Waals surface area contributed by atoms with E-state index in [-0.39, 0.29) is 16.0 Å². The number of imidazole rings is 1. The number of carbonyl (C=O) groups is 1. The Labute approximate surface area is 194 Å². The molecule has 1 aromatic heterocycles. The highest BCUT2D eigenvalue weighted by atomic mass is 79.9. The Hall–Kier alpha value is -2.81. The zero-order valence-electron chi connectivity index (χ0n) is 15.9. The van der Waals surface area contributed by atoms with E-state index in [1.54, 1.807) is 24.3 Å². The molecule has 10 heteroatoms. The van der Waals surface area contributed by atoms with Gasteiger partial charge >= 0.3 is 0 Å². The zero-order chi connectivity index (χ0) is 22.1. The Balaban J connectivity index is 1.66. The van der Waals surface area contributed by atoms with Gasteiger partial charge < -0.3 is 20.4 Å². The number of H-pyrrole nitrogens is 1. The minimum Gasteiger partial charge on any atom is -0.496 e. The van der Waals surface area contributed by atoms with Crippen molar-refractivity contribution in [2.75, 3.05) is 17.7 Å². The van der Waals surface area contributed by atoms with Crippen LogP contribution in [-0.4, -0.2) is 23.0 Å². The second-order valence-corrected chi connectivity index (χ2v) is 8.22. The largest absolute Gasteiger partial charge is 0.496 e. The van der Waals surface area contributed by atoms with Gasteiger partial charge in [0.15, 0.2) is 0 Å². The minimum atomic E-state index is -0.545. The van der Waals surface area contributed by atoms with Crippen LogP contribution in [0.15, 0.2) is 53.0 Å². The molecule has 3 aromatic carbocycles. The van der Waals surface area contributed by atoms with Gasteiger partial charge in [0.2, 0.25) is 5.95 Å². The number of hydrogen-bond acceptors (Lipinski definition) is 4. The molecule has 0 fully saturated rings. The summed E-state index contributed by atoms with van der Waals surface area (Å²) >= 11 is 15.5. The van der Waals surface area contributed by atoms with Crippen LogP contribution in [-0.2, 0) is 0 Å². The quantitative estimate of drug-likeness (QED) is 0.269. The standard InChI is InChI=1S/C21H14BrCl2FN4O2/c1-31-18-9-17-16(8-13(18)20(30)26-12-4-2-10(22)3-5-12)27-21(28-17)29-19-14(23)6-11(25)7-15(19)24/h2-9H,1H3,(H,26,30)(H2,27,28,29). The Bertz CT molecular complexity index is 1270. The van der Waals surface area contributed by atoms with Crippen LogP contribution in [0.2, 0.25) is 10.0 Å². The third kappa shape index (κ3) is 4.61.